The standard InChI is InChI=1S/C14H21N3O3/c1-10-12(9-13(18)19)11(2)17(14(20)15-10)8-7-16-5-3-4-6-16/h3-9H2,1-2H3,(H,18,19). The van der Waals surface area contributed by atoms with Crippen LogP contribution in [-0.4, -0.2) is 45.2 Å². The second-order valence-electron chi connectivity index (χ2n) is 5.31. The molecule has 1 aromatic rings. The molecular formula is C14H21N3O3. The van der Waals surface area contributed by atoms with Crippen LogP contribution in [0.15, 0.2) is 4.79 Å². The molecular weight excluding hydrogens is 258 g/mol. The van der Waals surface area contributed by atoms with Gasteiger partial charge in [-0.25, -0.2) is 4.79 Å². The van der Waals surface area contributed by atoms with E-state index in [1.165, 1.54) is 12.8 Å². The highest BCUT2D eigenvalue weighted by Crippen LogP contribution is 2.11. The number of nitrogens with zero attached hydrogens (tertiary/aromatic N) is 3. The second-order valence-corrected chi connectivity index (χ2v) is 5.31. The summed E-state index contributed by atoms with van der Waals surface area (Å²) < 4.78 is 1.60. The SMILES string of the molecule is Cc1nc(=O)n(CCN2CCCC2)c(C)c1CC(=O)O. The van der Waals surface area contributed by atoms with E-state index in [4.69, 9.17) is 5.11 Å². The number of aliphatic carboxylic acids is 1. The van der Waals surface area contributed by atoms with Crippen LogP contribution in [-0.2, 0) is 17.8 Å². The molecule has 0 radical (unpaired) electrons. The minimum atomic E-state index is -0.900. The van der Waals surface area contributed by atoms with Crippen molar-refractivity contribution in [2.24, 2.45) is 0 Å². The summed E-state index contributed by atoms with van der Waals surface area (Å²) in [5, 5.41) is 8.96. The van der Waals surface area contributed by atoms with E-state index in [9.17, 15) is 9.59 Å². The van der Waals surface area contributed by atoms with Crippen molar-refractivity contribution < 1.29 is 9.90 Å². The lowest BCUT2D eigenvalue weighted by molar-refractivity contribution is -0.136. The topological polar surface area (TPSA) is 75.4 Å². The number of likely N-dealkylation sites (tertiary alicyclic amines) is 1. The molecule has 6 nitrogen and oxygen atoms in total. The largest absolute Gasteiger partial charge is 0.481 e. The van der Waals surface area contributed by atoms with E-state index in [1.807, 2.05) is 0 Å². The first-order valence-electron chi connectivity index (χ1n) is 7.00. The van der Waals surface area contributed by atoms with E-state index < -0.39 is 5.97 Å². The Labute approximate surface area is 118 Å². The first-order chi connectivity index (χ1) is 9.49. The second kappa shape index (κ2) is 6.17. The number of aryl methyl sites for hydroxylation is 1. The van der Waals surface area contributed by atoms with Gasteiger partial charge in [-0.15, -0.1) is 0 Å². The zero-order valence-electron chi connectivity index (χ0n) is 12.1. The Bertz CT molecular complexity index is 560. The fraction of sp³-hybridized carbons (Fsp3) is 0.643. The highest BCUT2D eigenvalue weighted by molar-refractivity contribution is 5.70. The maximum atomic E-state index is 12.0. The molecule has 0 atom stereocenters. The first-order valence-corrected chi connectivity index (χ1v) is 7.00. The Balaban J connectivity index is 2.22. The zero-order chi connectivity index (χ0) is 14.7. The number of hydrogen-bond donors (Lipinski definition) is 1. The van der Waals surface area contributed by atoms with Crippen LogP contribution >= 0.6 is 0 Å². The Morgan fingerprint density at radius 1 is 1.25 bits per heavy atom. The molecule has 6 heteroatoms. The van der Waals surface area contributed by atoms with Crippen LogP contribution in [0.2, 0.25) is 0 Å². The van der Waals surface area contributed by atoms with Crippen molar-refractivity contribution in [2.45, 2.75) is 39.7 Å². The van der Waals surface area contributed by atoms with Gasteiger partial charge < -0.3 is 10.0 Å². The Morgan fingerprint density at radius 3 is 2.50 bits per heavy atom. The van der Waals surface area contributed by atoms with Gasteiger partial charge in [0, 0.05) is 30.0 Å². The fourth-order valence-corrected chi connectivity index (χ4v) is 2.76. The minimum absolute atomic E-state index is 0.0886. The van der Waals surface area contributed by atoms with Gasteiger partial charge in [0.1, 0.15) is 0 Å². The van der Waals surface area contributed by atoms with Crippen molar-refractivity contribution in [1.29, 1.82) is 0 Å². The maximum absolute atomic E-state index is 12.0. The van der Waals surface area contributed by atoms with Crippen LogP contribution in [0.3, 0.4) is 0 Å². The quantitative estimate of drug-likeness (QED) is 0.853. The normalized spacial score (nSPS) is 15.7. The molecule has 0 saturated carbocycles. The van der Waals surface area contributed by atoms with Crippen molar-refractivity contribution >= 4 is 5.97 Å². The van der Waals surface area contributed by atoms with E-state index in [-0.39, 0.29) is 12.1 Å². The lowest BCUT2D eigenvalue weighted by Crippen LogP contribution is -2.33. The summed E-state index contributed by atoms with van der Waals surface area (Å²) in [4.78, 5) is 29.2. The molecule has 0 aliphatic carbocycles. The smallest absolute Gasteiger partial charge is 0.348 e. The van der Waals surface area contributed by atoms with E-state index >= 15 is 0 Å². The first kappa shape index (κ1) is 14.7. The molecule has 20 heavy (non-hydrogen) atoms. The molecule has 1 saturated heterocycles. The summed E-state index contributed by atoms with van der Waals surface area (Å²) in [5.41, 5.74) is 1.61. The number of aromatic nitrogens is 2. The van der Waals surface area contributed by atoms with Crippen LogP contribution in [0, 0.1) is 13.8 Å². The lowest BCUT2D eigenvalue weighted by Gasteiger charge is -2.18. The molecule has 1 N–H and O–H groups in total. The number of carboxylic acids is 1. The predicted octanol–water partition coefficient (Wildman–Crippen LogP) is 0.583. The van der Waals surface area contributed by atoms with Crippen LogP contribution in [0.25, 0.3) is 0 Å². The van der Waals surface area contributed by atoms with E-state index in [0.717, 1.165) is 25.3 Å². The molecule has 2 heterocycles. The van der Waals surface area contributed by atoms with E-state index in [0.29, 0.717) is 17.8 Å². The van der Waals surface area contributed by atoms with Crippen LogP contribution in [0.5, 0.6) is 0 Å². The summed E-state index contributed by atoms with van der Waals surface area (Å²) in [6.45, 7) is 7.04. The van der Waals surface area contributed by atoms with Gasteiger partial charge >= 0.3 is 11.7 Å². The maximum Gasteiger partial charge on any atom is 0.348 e. The van der Waals surface area contributed by atoms with Crippen molar-refractivity contribution in [3.05, 3.63) is 27.4 Å². The fourth-order valence-electron chi connectivity index (χ4n) is 2.76. The highest BCUT2D eigenvalue weighted by atomic mass is 16.4. The Hall–Kier alpha value is -1.69. The summed E-state index contributed by atoms with van der Waals surface area (Å²) in [5.74, 6) is -0.900. The van der Waals surface area contributed by atoms with Gasteiger partial charge in [0.15, 0.2) is 0 Å². The van der Waals surface area contributed by atoms with E-state index in [1.54, 1.807) is 18.4 Å². The van der Waals surface area contributed by atoms with Gasteiger partial charge in [-0.05, 0) is 39.8 Å². The van der Waals surface area contributed by atoms with Crippen LogP contribution < -0.4 is 5.69 Å². The Kier molecular flexibility index (Phi) is 4.54. The Morgan fingerprint density at radius 2 is 1.90 bits per heavy atom. The molecule has 0 spiro atoms. The third kappa shape index (κ3) is 3.25. The van der Waals surface area contributed by atoms with Crippen LogP contribution in [0.1, 0.15) is 29.8 Å². The van der Waals surface area contributed by atoms with Crippen molar-refractivity contribution in [3.63, 3.8) is 0 Å². The van der Waals surface area contributed by atoms with Crippen molar-refractivity contribution in [1.82, 2.24) is 14.5 Å². The number of hydrogen-bond acceptors (Lipinski definition) is 4. The molecule has 0 aromatic carbocycles. The average molecular weight is 279 g/mol. The molecule has 0 unspecified atom stereocenters. The predicted molar refractivity (Wildman–Crippen MR) is 75.0 cm³/mol. The van der Waals surface area contributed by atoms with Gasteiger partial charge in [0.05, 0.1) is 6.42 Å². The number of carboxylic acid groups (broad SMARTS) is 1. The summed E-state index contributed by atoms with van der Waals surface area (Å²) >= 11 is 0. The highest BCUT2D eigenvalue weighted by Gasteiger charge is 2.16. The number of rotatable bonds is 5. The molecule has 2 rings (SSSR count). The van der Waals surface area contributed by atoms with Gasteiger partial charge in [-0.1, -0.05) is 0 Å². The van der Waals surface area contributed by atoms with Gasteiger partial charge in [-0.2, -0.15) is 4.98 Å². The van der Waals surface area contributed by atoms with Gasteiger partial charge in [0.2, 0.25) is 0 Å². The summed E-state index contributed by atoms with van der Waals surface area (Å²) in [6.07, 6.45) is 2.34. The molecule has 110 valence electrons. The molecule has 1 aliphatic rings. The van der Waals surface area contributed by atoms with Crippen molar-refractivity contribution in [3.8, 4) is 0 Å². The zero-order valence-corrected chi connectivity index (χ0v) is 12.1. The van der Waals surface area contributed by atoms with Crippen LogP contribution in [0.4, 0.5) is 0 Å². The third-order valence-electron chi connectivity index (χ3n) is 3.94. The van der Waals surface area contributed by atoms with Crippen molar-refractivity contribution in [2.75, 3.05) is 19.6 Å². The molecule has 1 aromatic heterocycles. The number of carbonyl (C=O) groups is 1. The monoisotopic (exact) mass is 279 g/mol. The molecule has 1 aliphatic heterocycles. The van der Waals surface area contributed by atoms with Gasteiger partial charge in [-0.3, -0.25) is 9.36 Å². The average Bonchev–Trinajstić information content (AvgIpc) is 2.87. The summed E-state index contributed by atoms with van der Waals surface area (Å²) in [6, 6.07) is 0. The molecule has 1 fully saturated rings. The van der Waals surface area contributed by atoms with Gasteiger partial charge in [0.25, 0.3) is 0 Å². The minimum Gasteiger partial charge on any atom is -0.481 e. The third-order valence-corrected chi connectivity index (χ3v) is 3.94. The summed E-state index contributed by atoms with van der Waals surface area (Å²) in [7, 11) is 0. The van der Waals surface area contributed by atoms with E-state index in [2.05, 4.69) is 9.88 Å². The molecule has 0 amide bonds. The lowest BCUT2D eigenvalue weighted by atomic mass is 10.1. The molecule has 0 bridgehead atoms.